The van der Waals surface area contributed by atoms with Crippen molar-refractivity contribution in [3.63, 3.8) is 0 Å². The Morgan fingerprint density at radius 2 is 2.19 bits per heavy atom. The Morgan fingerprint density at radius 3 is 2.86 bits per heavy atom. The van der Waals surface area contributed by atoms with Crippen LogP contribution >= 0.6 is 11.3 Å². The molecule has 0 saturated heterocycles. The molecule has 0 unspecified atom stereocenters. The number of hydrogen-bond donors (Lipinski definition) is 1. The van der Waals surface area contributed by atoms with Crippen molar-refractivity contribution in [2.45, 2.75) is 27.2 Å². The second-order valence-electron chi connectivity index (χ2n) is 4.92. The zero-order valence-electron chi connectivity index (χ0n) is 12.2. The second-order valence-corrected chi connectivity index (χ2v) is 5.95. The summed E-state index contributed by atoms with van der Waals surface area (Å²) in [5.74, 6) is 1.18. The molecule has 21 heavy (non-hydrogen) atoms. The smallest absolute Gasteiger partial charge is 0.260 e. The maximum absolute atomic E-state index is 12.3. The van der Waals surface area contributed by atoms with Crippen LogP contribution in [0.1, 0.15) is 34.4 Å². The number of nitrogens with zero attached hydrogens (tertiary/aromatic N) is 1. The molecule has 0 aliphatic carbocycles. The lowest BCUT2D eigenvalue weighted by Crippen LogP contribution is -2.11. The molecule has 1 N–H and O–H groups in total. The topological polar surface area (TPSA) is 55.1 Å². The highest BCUT2D eigenvalue weighted by Crippen LogP contribution is 2.29. The van der Waals surface area contributed by atoms with Crippen molar-refractivity contribution < 1.29 is 9.21 Å². The number of aryl methyl sites for hydroxylation is 3. The molecule has 1 amide bonds. The van der Waals surface area contributed by atoms with E-state index < -0.39 is 0 Å². The lowest BCUT2D eigenvalue weighted by atomic mass is 10.1. The van der Waals surface area contributed by atoms with E-state index in [4.69, 9.17) is 4.42 Å². The van der Waals surface area contributed by atoms with Gasteiger partial charge in [0, 0.05) is 0 Å². The van der Waals surface area contributed by atoms with Crippen molar-refractivity contribution in [1.82, 2.24) is 4.98 Å². The lowest BCUT2D eigenvalue weighted by molar-refractivity contribution is 0.102. The molecule has 5 heteroatoms. The van der Waals surface area contributed by atoms with Crippen molar-refractivity contribution in [2.75, 3.05) is 5.32 Å². The molecule has 0 spiro atoms. The predicted octanol–water partition coefficient (Wildman–Crippen LogP) is 4.32. The van der Waals surface area contributed by atoms with Gasteiger partial charge >= 0.3 is 0 Å². The van der Waals surface area contributed by atoms with Crippen molar-refractivity contribution in [1.29, 1.82) is 0 Å². The van der Waals surface area contributed by atoms with Crippen LogP contribution in [0, 0.1) is 13.8 Å². The number of rotatable bonds is 3. The Bertz CT molecular complexity index is 817. The van der Waals surface area contributed by atoms with Gasteiger partial charge in [-0.05, 0) is 38.0 Å². The van der Waals surface area contributed by atoms with Crippen molar-refractivity contribution in [3.05, 3.63) is 46.9 Å². The van der Waals surface area contributed by atoms with E-state index in [1.807, 2.05) is 19.1 Å². The molecule has 2 aromatic heterocycles. The van der Waals surface area contributed by atoms with Crippen molar-refractivity contribution in [3.8, 4) is 0 Å². The van der Waals surface area contributed by atoms with Crippen LogP contribution in [0.3, 0.4) is 0 Å². The van der Waals surface area contributed by atoms with Crippen molar-refractivity contribution in [2.24, 2.45) is 0 Å². The normalized spacial score (nSPS) is 11.0. The Labute approximate surface area is 126 Å². The van der Waals surface area contributed by atoms with E-state index in [0.29, 0.717) is 16.5 Å². The molecule has 3 rings (SSSR count). The average molecular weight is 300 g/mol. The minimum absolute atomic E-state index is 0.179. The molecule has 0 saturated carbocycles. The van der Waals surface area contributed by atoms with Gasteiger partial charge in [-0.2, -0.15) is 0 Å². The van der Waals surface area contributed by atoms with E-state index in [-0.39, 0.29) is 5.91 Å². The third kappa shape index (κ3) is 2.56. The molecule has 0 aliphatic heterocycles. The van der Waals surface area contributed by atoms with E-state index >= 15 is 0 Å². The summed E-state index contributed by atoms with van der Waals surface area (Å²) >= 11 is 1.49. The van der Waals surface area contributed by atoms with Crippen LogP contribution < -0.4 is 5.32 Å². The number of para-hydroxylation sites is 1. The number of hydrogen-bond acceptors (Lipinski definition) is 4. The van der Waals surface area contributed by atoms with Gasteiger partial charge in [-0.1, -0.05) is 30.4 Å². The molecule has 3 aromatic rings. The standard InChI is InChI=1S/C16H16N2O2S/c1-4-11-6-5-7-13-14(11)17-16(21-13)18-15(19)12-8-9(2)20-10(12)3/h5-8H,4H2,1-3H3,(H,17,18,19). The first kappa shape index (κ1) is 13.8. The van der Waals surface area contributed by atoms with Crippen LogP contribution in [0.2, 0.25) is 0 Å². The van der Waals surface area contributed by atoms with E-state index in [1.54, 1.807) is 13.0 Å². The highest BCUT2D eigenvalue weighted by atomic mass is 32.1. The maximum atomic E-state index is 12.3. The molecule has 2 heterocycles. The van der Waals surface area contributed by atoms with Crippen LogP contribution in [0.4, 0.5) is 5.13 Å². The van der Waals surface area contributed by atoms with Gasteiger partial charge in [-0.3, -0.25) is 10.1 Å². The second kappa shape index (κ2) is 5.33. The summed E-state index contributed by atoms with van der Waals surface area (Å²) in [7, 11) is 0. The highest BCUT2D eigenvalue weighted by Gasteiger charge is 2.16. The Kier molecular flexibility index (Phi) is 3.51. The molecule has 1 aromatic carbocycles. The molecule has 108 valence electrons. The third-order valence-corrected chi connectivity index (χ3v) is 4.33. The summed E-state index contributed by atoms with van der Waals surface area (Å²) in [6.45, 7) is 5.72. The third-order valence-electron chi connectivity index (χ3n) is 3.39. The van der Waals surface area contributed by atoms with Gasteiger partial charge in [-0.25, -0.2) is 4.98 Å². The number of amides is 1. The Balaban J connectivity index is 1.91. The molecule has 4 nitrogen and oxygen atoms in total. The zero-order chi connectivity index (χ0) is 15.0. The number of fused-ring (bicyclic) bond motifs is 1. The Morgan fingerprint density at radius 1 is 1.38 bits per heavy atom. The highest BCUT2D eigenvalue weighted by molar-refractivity contribution is 7.22. The van der Waals surface area contributed by atoms with E-state index in [2.05, 4.69) is 23.3 Å². The van der Waals surface area contributed by atoms with Crippen LogP contribution in [-0.4, -0.2) is 10.9 Å². The number of carbonyl (C=O) groups excluding carboxylic acids is 1. The number of aromatic nitrogens is 1. The Hall–Kier alpha value is -2.14. The monoisotopic (exact) mass is 300 g/mol. The number of benzene rings is 1. The number of carbonyl (C=O) groups is 1. The SMILES string of the molecule is CCc1cccc2sc(NC(=O)c3cc(C)oc3C)nc12. The van der Waals surface area contributed by atoms with Crippen molar-refractivity contribution >= 4 is 32.6 Å². The predicted molar refractivity (Wildman–Crippen MR) is 85.1 cm³/mol. The van der Waals surface area contributed by atoms with Crippen LogP contribution in [0.25, 0.3) is 10.2 Å². The summed E-state index contributed by atoms with van der Waals surface area (Å²) in [5, 5.41) is 3.48. The van der Waals surface area contributed by atoms with Crippen LogP contribution in [0.15, 0.2) is 28.7 Å². The lowest BCUT2D eigenvalue weighted by Gasteiger charge is -1.99. The van der Waals surface area contributed by atoms with Gasteiger partial charge in [0.25, 0.3) is 5.91 Å². The summed E-state index contributed by atoms with van der Waals surface area (Å²) in [6.07, 6.45) is 0.925. The molecular weight excluding hydrogens is 284 g/mol. The quantitative estimate of drug-likeness (QED) is 0.783. The summed E-state index contributed by atoms with van der Waals surface area (Å²) in [4.78, 5) is 16.8. The van der Waals surface area contributed by atoms with Gasteiger partial charge in [0.15, 0.2) is 5.13 Å². The van der Waals surface area contributed by atoms with Crippen LogP contribution in [-0.2, 0) is 6.42 Å². The molecule has 0 radical (unpaired) electrons. The first-order chi connectivity index (χ1) is 10.1. The fraction of sp³-hybridized carbons (Fsp3) is 0.250. The van der Waals surface area contributed by atoms with Crippen LogP contribution in [0.5, 0.6) is 0 Å². The van der Waals surface area contributed by atoms with Gasteiger partial charge in [0.1, 0.15) is 11.5 Å². The van der Waals surface area contributed by atoms with Gasteiger partial charge in [0.2, 0.25) is 0 Å². The van der Waals surface area contributed by atoms with E-state index in [1.165, 1.54) is 16.9 Å². The average Bonchev–Trinajstić information content (AvgIpc) is 3.00. The summed E-state index contributed by atoms with van der Waals surface area (Å²) in [5.41, 5.74) is 2.72. The maximum Gasteiger partial charge on any atom is 0.260 e. The fourth-order valence-electron chi connectivity index (χ4n) is 2.37. The number of nitrogens with one attached hydrogen (secondary N) is 1. The zero-order valence-corrected chi connectivity index (χ0v) is 13.0. The van der Waals surface area contributed by atoms with Gasteiger partial charge < -0.3 is 4.42 Å². The number of anilines is 1. The number of thiazole rings is 1. The first-order valence-corrected chi connectivity index (χ1v) is 7.67. The molecule has 0 atom stereocenters. The summed E-state index contributed by atoms with van der Waals surface area (Å²) < 4.78 is 6.48. The number of furan rings is 1. The first-order valence-electron chi connectivity index (χ1n) is 6.85. The molecular formula is C16H16N2O2S. The fourth-order valence-corrected chi connectivity index (χ4v) is 3.27. The van der Waals surface area contributed by atoms with E-state index in [0.717, 1.165) is 22.4 Å². The summed E-state index contributed by atoms with van der Waals surface area (Å²) in [6, 6.07) is 7.86. The minimum Gasteiger partial charge on any atom is -0.466 e. The largest absolute Gasteiger partial charge is 0.466 e. The molecule has 0 bridgehead atoms. The molecule has 0 fully saturated rings. The minimum atomic E-state index is -0.179. The van der Waals surface area contributed by atoms with E-state index in [9.17, 15) is 4.79 Å². The van der Waals surface area contributed by atoms with Gasteiger partial charge in [0.05, 0.1) is 15.8 Å². The van der Waals surface area contributed by atoms with Gasteiger partial charge in [-0.15, -0.1) is 0 Å². The molecule has 0 aliphatic rings.